The van der Waals surface area contributed by atoms with Crippen LogP contribution in [0.5, 0.6) is 0 Å². The Hall–Kier alpha value is -0.130. The van der Waals surface area contributed by atoms with Crippen LogP contribution in [0.25, 0.3) is 0 Å². The van der Waals surface area contributed by atoms with Crippen LogP contribution >= 0.6 is 0 Å². The summed E-state index contributed by atoms with van der Waals surface area (Å²) >= 11 is 0. The smallest absolute Gasteiger partial charge is 0.748 e. The SMILES string of the molecule is CC/C=C/CCCCCCCCC(=O)C1=NCC[N+]1(CCO)CC(O)CS(=O)(=O)[O-].[Na+]. The summed E-state index contributed by atoms with van der Waals surface area (Å²) in [7, 11) is -4.58. The molecule has 0 aromatic carbocycles. The Balaban J connectivity index is 0.00000900. The molecule has 0 saturated carbocycles. The molecule has 0 aromatic heterocycles. The summed E-state index contributed by atoms with van der Waals surface area (Å²) in [5.41, 5.74) is 0. The zero-order chi connectivity index (χ0) is 22.5. The van der Waals surface area contributed by atoms with Crippen molar-refractivity contribution in [2.75, 3.05) is 38.5 Å². The molecule has 0 fully saturated rings. The van der Waals surface area contributed by atoms with Gasteiger partial charge < -0.3 is 14.8 Å². The van der Waals surface area contributed by atoms with Gasteiger partial charge in [0.05, 0.1) is 29.0 Å². The molecule has 0 amide bonds. The molecule has 2 unspecified atom stereocenters. The van der Waals surface area contributed by atoms with Crippen molar-refractivity contribution in [3.8, 4) is 0 Å². The standard InChI is InChI=1S/C21H38N2O6S.Na/c1-2-3-4-5-6-7-8-9-10-11-12-20(26)21-22-13-14-23(21,15-16-24)17-19(25)18-30(27,28)29;/h3-4,19,24-25H,2,5-18H2,1H3;/q;+1/b4-3+;. The molecule has 31 heavy (non-hydrogen) atoms. The molecule has 1 heterocycles. The molecule has 0 aliphatic carbocycles. The van der Waals surface area contributed by atoms with Gasteiger partial charge in [0.25, 0.3) is 5.84 Å². The number of rotatable bonds is 17. The number of carbonyl (C=O) groups is 1. The summed E-state index contributed by atoms with van der Waals surface area (Å²) in [6, 6.07) is 0. The van der Waals surface area contributed by atoms with Crippen LogP contribution in [0.1, 0.15) is 64.7 Å². The van der Waals surface area contributed by atoms with E-state index >= 15 is 0 Å². The van der Waals surface area contributed by atoms with Crippen molar-refractivity contribution in [2.24, 2.45) is 4.99 Å². The predicted octanol–water partition coefficient (Wildman–Crippen LogP) is -1.23. The Morgan fingerprint density at radius 2 is 1.84 bits per heavy atom. The number of unbranched alkanes of at least 4 members (excludes halogenated alkanes) is 6. The number of aliphatic hydroxyl groups excluding tert-OH is 2. The average Bonchev–Trinajstić information content (AvgIpc) is 3.04. The Bertz CT molecular complexity index is 683. The second-order valence-corrected chi connectivity index (χ2v) is 9.49. The molecule has 8 nitrogen and oxygen atoms in total. The summed E-state index contributed by atoms with van der Waals surface area (Å²) < 4.78 is 32.7. The number of amidine groups is 1. The van der Waals surface area contributed by atoms with E-state index in [1.807, 2.05) is 0 Å². The van der Waals surface area contributed by atoms with E-state index < -0.39 is 22.0 Å². The van der Waals surface area contributed by atoms with Gasteiger partial charge in [0.1, 0.15) is 25.7 Å². The van der Waals surface area contributed by atoms with Crippen molar-refractivity contribution in [1.29, 1.82) is 0 Å². The summed E-state index contributed by atoms with van der Waals surface area (Å²) in [4.78, 5) is 17.0. The first kappa shape index (κ1) is 30.9. The van der Waals surface area contributed by atoms with E-state index in [1.54, 1.807) is 0 Å². The number of aliphatic hydroxyl groups is 2. The molecule has 10 heteroatoms. The number of allylic oxidation sites excluding steroid dienone is 2. The summed E-state index contributed by atoms with van der Waals surface area (Å²) in [6.45, 7) is 2.73. The molecule has 2 N–H and O–H groups in total. The molecule has 0 aromatic rings. The monoisotopic (exact) mass is 469 g/mol. The maximum Gasteiger partial charge on any atom is 1.00 e. The van der Waals surface area contributed by atoms with E-state index in [4.69, 9.17) is 0 Å². The van der Waals surface area contributed by atoms with E-state index in [0.717, 1.165) is 38.5 Å². The van der Waals surface area contributed by atoms with Gasteiger partial charge in [0.2, 0.25) is 5.78 Å². The number of aliphatic imine (C=N–C) groups is 1. The molecule has 1 rings (SSSR count). The van der Waals surface area contributed by atoms with Gasteiger partial charge >= 0.3 is 29.6 Å². The fraction of sp³-hybridized carbons (Fsp3) is 0.810. The van der Waals surface area contributed by atoms with Crippen LogP contribution in [0.2, 0.25) is 0 Å². The molecule has 0 radical (unpaired) electrons. The molecule has 1 aliphatic heterocycles. The third kappa shape index (κ3) is 12.6. The van der Waals surface area contributed by atoms with Gasteiger partial charge in [-0.05, 0) is 25.7 Å². The molecular weight excluding hydrogens is 431 g/mol. The summed E-state index contributed by atoms with van der Waals surface area (Å²) in [5.74, 6) is -0.745. The van der Waals surface area contributed by atoms with Crippen molar-refractivity contribution in [3.63, 3.8) is 0 Å². The molecule has 0 saturated heterocycles. The third-order valence-electron chi connectivity index (χ3n) is 5.40. The van der Waals surface area contributed by atoms with Gasteiger partial charge in [-0.1, -0.05) is 44.8 Å². The first-order chi connectivity index (χ1) is 14.2. The molecule has 1 aliphatic rings. The summed E-state index contributed by atoms with van der Waals surface area (Å²) in [6.07, 6.45) is 11.9. The van der Waals surface area contributed by atoms with Crippen molar-refractivity contribution in [3.05, 3.63) is 12.2 Å². The Morgan fingerprint density at radius 3 is 2.45 bits per heavy atom. The predicted molar refractivity (Wildman–Crippen MR) is 116 cm³/mol. The number of nitrogens with zero attached hydrogens (tertiary/aromatic N) is 2. The fourth-order valence-corrected chi connectivity index (χ4v) is 4.55. The average molecular weight is 470 g/mol. The Labute approximate surface area is 209 Å². The van der Waals surface area contributed by atoms with Gasteiger partial charge in [-0.15, -0.1) is 0 Å². The minimum Gasteiger partial charge on any atom is -0.748 e. The first-order valence-corrected chi connectivity index (χ1v) is 12.6. The van der Waals surface area contributed by atoms with Gasteiger partial charge in [0, 0.05) is 6.42 Å². The van der Waals surface area contributed by atoms with Crippen LogP contribution in [0.4, 0.5) is 0 Å². The molecule has 2 atom stereocenters. The third-order valence-corrected chi connectivity index (χ3v) is 6.19. The first-order valence-electron chi connectivity index (χ1n) is 11.1. The summed E-state index contributed by atoms with van der Waals surface area (Å²) in [5, 5.41) is 19.5. The Kier molecular flexibility index (Phi) is 16.4. The van der Waals surface area contributed by atoms with E-state index in [-0.39, 0.29) is 65.4 Å². The minimum absolute atomic E-state index is 0. The maximum atomic E-state index is 12.7. The molecule has 0 spiro atoms. The van der Waals surface area contributed by atoms with E-state index in [0.29, 0.717) is 19.5 Å². The van der Waals surface area contributed by atoms with Crippen LogP contribution in [-0.2, 0) is 14.9 Å². The van der Waals surface area contributed by atoms with E-state index in [2.05, 4.69) is 24.1 Å². The van der Waals surface area contributed by atoms with Crippen molar-refractivity contribution < 1.29 is 62.0 Å². The Morgan fingerprint density at radius 1 is 1.19 bits per heavy atom. The van der Waals surface area contributed by atoms with Crippen LogP contribution < -0.4 is 29.6 Å². The minimum atomic E-state index is -4.58. The van der Waals surface area contributed by atoms with E-state index in [1.165, 1.54) is 12.8 Å². The molecular formula is C21H38N2NaO6S+. The quantitative estimate of drug-likeness (QED) is 0.0903. The number of hydrogen-bond donors (Lipinski definition) is 2. The zero-order valence-corrected chi connectivity index (χ0v) is 22.0. The fourth-order valence-electron chi connectivity index (χ4n) is 3.98. The second kappa shape index (κ2) is 16.5. The van der Waals surface area contributed by atoms with Crippen LogP contribution in [0, 0.1) is 0 Å². The largest absolute Gasteiger partial charge is 1.00 e. The normalized spacial score (nSPS) is 19.9. The van der Waals surface area contributed by atoms with Crippen LogP contribution in [-0.4, -0.2) is 83.9 Å². The van der Waals surface area contributed by atoms with Crippen LogP contribution in [0.3, 0.4) is 0 Å². The molecule has 0 bridgehead atoms. The van der Waals surface area contributed by atoms with Gasteiger partial charge in [-0.2, -0.15) is 0 Å². The van der Waals surface area contributed by atoms with Crippen LogP contribution in [0.15, 0.2) is 17.1 Å². The number of carbonyl (C=O) groups excluding carboxylic acids is 1. The van der Waals surface area contributed by atoms with E-state index in [9.17, 15) is 28.0 Å². The van der Waals surface area contributed by atoms with Gasteiger partial charge in [-0.25, -0.2) is 13.4 Å². The van der Waals surface area contributed by atoms with Crippen molar-refractivity contribution in [2.45, 2.75) is 70.8 Å². The topological polar surface area (TPSA) is 127 Å². The number of Topliss-reactive ketones (excluding diaryl/α,β-unsaturated/α-hetero) is 1. The van der Waals surface area contributed by atoms with Crippen molar-refractivity contribution >= 4 is 21.7 Å². The second-order valence-electron chi connectivity index (χ2n) is 8.04. The van der Waals surface area contributed by atoms with Gasteiger partial charge in [0.15, 0.2) is 0 Å². The molecule has 174 valence electrons. The number of hydrogen-bond acceptors (Lipinski definition) is 7. The van der Waals surface area contributed by atoms with Crippen molar-refractivity contribution in [1.82, 2.24) is 0 Å². The number of quaternary nitrogens is 1. The number of ketones is 1. The van der Waals surface area contributed by atoms with Gasteiger partial charge in [-0.3, -0.25) is 9.28 Å². The maximum absolute atomic E-state index is 12.7. The zero-order valence-electron chi connectivity index (χ0n) is 19.2.